The van der Waals surface area contributed by atoms with Gasteiger partial charge in [-0.05, 0) is 23.1 Å². The van der Waals surface area contributed by atoms with Gasteiger partial charge in [0.05, 0.1) is 5.39 Å². The summed E-state index contributed by atoms with van der Waals surface area (Å²) in [6.07, 6.45) is 0. The van der Waals surface area contributed by atoms with E-state index in [9.17, 15) is 4.79 Å². The fourth-order valence-electron chi connectivity index (χ4n) is 2.37. The van der Waals surface area contributed by atoms with Crippen LogP contribution >= 0.6 is 0 Å². The molecule has 2 aromatic carbocycles. The Hall–Kier alpha value is -2.35. The zero-order valence-corrected chi connectivity index (χ0v) is 12.5. The fraction of sp³-hybridized carbons (Fsp3) is 0.211. The van der Waals surface area contributed by atoms with E-state index < -0.39 is 0 Å². The lowest BCUT2D eigenvalue weighted by atomic mass is 9.87. The van der Waals surface area contributed by atoms with Crippen LogP contribution < -0.4 is 5.43 Å². The van der Waals surface area contributed by atoms with Crippen molar-refractivity contribution >= 4 is 11.0 Å². The Labute approximate surface area is 124 Å². The quantitative estimate of drug-likeness (QED) is 0.642. The summed E-state index contributed by atoms with van der Waals surface area (Å²) < 4.78 is 5.96. The maximum Gasteiger partial charge on any atom is 0.193 e. The van der Waals surface area contributed by atoms with E-state index in [1.165, 1.54) is 0 Å². The van der Waals surface area contributed by atoms with Gasteiger partial charge in [-0.25, -0.2) is 0 Å². The second-order valence-corrected chi connectivity index (χ2v) is 6.30. The number of benzene rings is 2. The van der Waals surface area contributed by atoms with Crippen molar-refractivity contribution in [2.24, 2.45) is 0 Å². The molecule has 0 saturated carbocycles. The lowest BCUT2D eigenvalue weighted by Gasteiger charge is -2.19. The molecule has 0 N–H and O–H groups in total. The molecule has 21 heavy (non-hydrogen) atoms. The Morgan fingerprint density at radius 1 is 0.905 bits per heavy atom. The van der Waals surface area contributed by atoms with Crippen LogP contribution in [-0.4, -0.2) is 0 Å². The van der Waals surface area contributed by atoms with Gasteiger partial charge < -0.3 is 4.42 Å². The second kappa shape index (κ2) is 4.88. The molecule has 0 aliphatic heterocycles. The summed E-state index contributed by atoms with van der Waals surface area (Å²) in [6.45, 7) is 6.44. The van der Waals surface area contributed by atoms with Gasteiger partial charge in [0.25, 0.3) is 0 Å². The molecule has 3 rings (SSSR count). The van der Waals surface area contributed by atoms with Gasteiger partial charge in [-0.3, -0.25) is 4.79 Å². The molecule has 2 nitrogen and oxygen atoms in total. The van der Waals surface area contributed by atoms with Crippen molar-refractivity contribution in [3.8, 4) is 11.3 Å². The average Bonchev–Trinajstić information content (AvgIpc) is 2.46. The summed E-state index contributed by atoms with van der Waals surface area (Å²) in [5, 5.41) is 0.627. The fourth-order valence-corrected chi connectivity index (χ4v) is 2.37. The van der Waals surface area contributed by atoms with Crippen molar-refractivity contribution in [2.75, 3.05) is 0 Å². The zero-order valence-electron chi connectivity index (χ0n) is 12.5. The van der Waals surface area contributed by atoms with Crippen molar-refractivity contribution in [2.45, 2.75) is 26.2 Å². The molecule has 1 aromatic heterocycles. The van der Waals surface area contributed by atoms with E-state index >= 15 is 0 Å². The second-order valence-electron chi connectivity index (χ2n) is 6.30. The molecule has 0 aliphatic rings. The number of fused-ring (bicyclic) bond motifs is 1. The normalized spacial score (nSPS) is 11.8. The van der Waals surface area contributed by atoms with E-state index in [1.54, 1.807) is 6.07 Å². The predicted molar refractivity (Wildman–Crippen MR) is 86.6 cm³/mol. The molecule has 0 saturated heterocycles. The Balaban J connectivity index is 2.24. The first-order chi connectivity index (χ1) is 9.95. The minimum absolute atomic E-state index is 0.00411. The van der Waals surface area contributed by atoms with E-state index in [0.29, 0.717) is 16.7 Å². The monoisotopic (exact) mass is 278 g/mol. The lowest BCUT2D eigenvalue weighted by Crippen LogP contribution is -2.11. The Bertz CT molecular complexity index is 837. The summed E-state index contributed by atoms with van der Waals surface area (Å²) in [5.74, 6) is 0.610. The minimum atomic E-state index is -0.00411. The van der Waals surface area contributed by atoms with Gasteiger partial charge in [-0.2, -0.15) is 0 Å². The largest absolute Gasteiger partial charge is 0.456 e. The summed E-state index contributed by atoms with van der Waals surface area (Å²) >= 11 is 0. The highest BCUT2D eigenvalue weighted by atomic mass is 16.3. The molecule has 0 atom stereocenters. The van der Waals surface area contributed by atoms with E-state index in [-0.39, 0.29) is 10.8 Å². The molecule has 0 aliphatic carbocycles. The van der Waals surface area contributed by atoms with Crippen LogP contribution in [0.3, 0.4) is 0 Å². The van der Waals surface area contributed by atoms with Gasteiger partial charge in [-0.1, -0.05) is 57.2 Å². The standard InChI is InChI=1S/C19H18O2/c1-19(2,3)14-9-10-15-16(20)12-17(21-18(15)11-14)13-7-5-4-6-8-13/h4-12H,1-3H3. The highest BCUT2D eigenvalue weighted by molar-refractivity contribution is 5.79. The summed E-state index contributed by atoms with van der Waals surface area (Å²) in [7, 11) is 0. The summed E-state index contributed by atoms with van der Waals surface area (Å²) in [5.41, 5.74) is 2.74. The average molecular weight is 278 g/mol. The van der Waals surface area contributed by atoms with Gasteiger partial charge in [0, 0.05) is 11.6 Å². The van der Waals surface area contributed by atoms with Gasteiger partial charge >= 0.3 is 0 Å². The van der Waals surface area contributed by atoms with Crippen LogP contribution in [-0.2, 0) is 5.41 Å². The van der Waals surface area contributed by atoms with Crippen molar-refractivity contribution < 1.29 is 4.42 Å². The van der Waals surface area contributed by atoms with E-state index in [1.807, 2.05) is 48.5 Å². The first-order valence-corrected chi connectivity index (χ1v) is 7.09. The van der Waals surface area contributed by atoms with Crippen molar-refractivity contribution in [1.29, 1.82) is 0 Å². The molecule has 0 radical (unpaired) electrons. The number of rotatable bonds is 1. The van der Waals surface area contributed by atoms with Crippen molar-refractivity contribution in [3.05, 3.63) is 70.4 Å². The topological polar surface area (TPSA) is 30.2 Å². The van der Waals surface area contributed by atoms with Gasteiger partial charge in [-0.15, -0.1) is 0 Å². The lowest BCUT2D eigenvalue weighted by molar-refractivity contribution is 0.582. The van der Waals surface area contributed by atoms with E-state index in [0.717, 1.165) is 11.1 Å². The van der Waals surface area contributed by atoms with Gasteiger partial charge in [0.1, 0.15) is 11.3 Å². The molecule has 0 spiro atoms. The molecule has 0 unspecified atom stereocenters. The molecular formula is C19H18O2. The van der Waals surface area contributed by atoms with Crippen LogP contribution in [0.1, 0.15) is 26.3 Å². The smallest absolute Gasteiger partial charge is 0.193 e. The van der Waals surface area contributed by atoms with Crippen molar-refractivity contribution in [1.82, 2.24) is 0 Å². The first-order valence-electron chi connectivity index (χ1n) is 7.09. The van der Waals surface area contributed by atoms with Gasteiger partial charge in [0.15, 0.2) is 5.43 Å². The van der Waals surface area contributed by atoms with Gasteiger partial charge in [0.2, 0.25) is 0 Å². The number of hydrogen-bond donors (Lipinski definition) is 0. The van der Waals surface area contributed by atoms with Crippen LogP contribution in [0.15, 0.2) is 63.8 Å². The maximum absolute atomic E-state index is 12.3. The summed E-state index contributed by atoms with van der Waals surface area (Å²) in [6, 6.07) is 17.1. The third-order valence-corrected chi connectivity index (χ3v) is 3.65. The highest BCUT2D eigenvalue weighted by Crippen LogP contribution is 2.27. The SMILES string of the molecule is CC(C)(C)c1ccc2c(=O)cc(-c3ccccc3)oc2c1. The molecule has 0 fully saturated rings. The Morgan fingerprint density at radius 2 is 1.62 bits per heavy atom. The summed E-state index contributed by atoms with van der Waals surface area (Å²) in [4.78, 5) is 12.3. The van der Waals surface area contributed by atoms with E-state index in [2.05, 4.69) is 20.8 Å². The highest BCUT2D eigenvalue weighted by Gasteiger charge is 2.15. The third-order valence-electron chi connectivity index (χ3n) is 3.65. The Kier molecular flexibility index (Phi) is 3.17. The van der Waals surface area contributed by atoms with Crippen LogP contribution in [0.5, 0.6) is 0 Å². The molecule has 0 amide bonds. The van der Waals surface area contributed by atoms with Crippen LogP contribution in [0, 0.1) is 0 Å². The molecular weight excluding hydrogens is 260 g/mol. The van der Waals surface area contributed by atoms with E-state index in [4.69, 9.17) is 4.42 Å². The molecule has 0 bridgehead atoms. The zero-order chi connectivity index (χ0) is 15.0. The predicted octanol–water partition coefficient (Wildman–Crippen LogP) is 4.76. The minimum Gasteiger partial charge on any atom is -0.456 e. The third kappa shape index (κ3) is 2.62. The van der Waals surface area contributed by atoms with Crippen molar-refractivity contribution in [3.63, 3.8) is 0 Å². The number of hydrogen-bond acceptors (Lipinski definition) is 2. The molecule has 3 aromatic rings. The molecule has 2 heteroatoms. The van der Waals surface area contributed by atoms with Crippen LogP contribution in [0.4, 0.5) is 0 Å². The van der Waals surface area contributed by atoms with Crippen LogP contribution in [0.2, 0.25) is 0 Å². The maximum atomic E-state index is 12.3. The first kappa shape index (κ1) is 13.6. The molecule has 1 heterocycles. The van der Waals surface area contributed by atoms with Crippen LogP contribution in [0.25, 0.3) is 22.3 Å². The Morgan fingerprint density at radius 3 is 2.29 bits per heavy atom. The molecule has 106 valence electrons.